The van der Waals surface area contributed by atoms with Crippen molar-refractivity contribution in [1.82, 2.24) is 9.88 Å². The van der Waals surface area contributed by atoms with E-state index in [1.807, 2.05) is 19.9 Å². The molecular weight excluding hydrogens is 404 g/mol. The van der Waals surface area contributed by atoms with Crippen LogP contribution in [0, 0.1) is 24.7 Å². The highest BCUT2D eigenvalue weighted by molar-refractivity contribution is 7.90. The zero-order valence-corrected chi connectivity index (χ0v) is 18.4. The molecule has 1 heterocycles. The van der Waals surface area contributed by atoms with Gasteiger partial charge in [-0.25, -0.2) is 8.42 Å². The van der Waals surface area contributed by atoms with Crippen LogP contribution in [0.2, 0.25) is 0 Å². The van der Waals surface area contributed by atoms with E-state index in [1.165, 1.54) is 0 Å². The van der Waals surface area contributed by atoms with Gasteiger partial charge in [0.1, 0.15) is 5.76 Å². The first-order valence-electron chi connectivity index (χ1n) is 9.72. The van der Waals surface area contributed by atoms with Crippen LogP contribution >= 0.6 is 0 Å². The van der Waals surface area contributed by atoms with Crippen molar-refractivity contribution in [3.05, 3.63) is 29.2 Å². The van der Waals surface area contributed by atoms with Gasteiger partial charge in [-0.15, -0.1) is 0 Å². The first-order chi connectivity index (χ1) is 14.0. The molecule has 1 saturated carbocycles. The predicted octanol–water partition coefficient (Wildman–Crippen LogP) is 3.15. The Morgan fingerprint density at radius 3 is 2.40 bits per heavy atom. The van der Waals surface area contributed by atoms with E-state index in [2.05, 4.69) is 15.2 Å². The summed E-state index contributed by atoms with van der Waals surface area (Å²) in [7, 11) is -3.35. The number of nitrogens with zero attached hydrogens (tertiary/aromatic N) is 1. The topological polar surface area (TPSA) is 158 Å². The Morgan fingerprint density at radius 1 is 1.27 bits per heavy atom. The van der Waals surface area contributed by atoms with Gasteiger partial charge in [0.15, 0.2) is 0 Å². The molecule has 1 aliphatic rings. The lowest BCUT2D eigenvalue weighted by Crippen LogP contribution is -2.32. The van der Waals surface area contributed by atoms with Crippen LogP contribution in [-0.2, 0) is 10.0 Å². The first kappa shape index (κ1) is 22.0. The molecule has 3 rings (SSSR count). The quantitative estimate of drug-likeness (QED) is 0.233. The summed E-state index contributed by atoms with van der Waals surface area (Å²) in [4.78, 5) is 0. The van der Waals surface area contributed by atoms with Gasteiger partial charge in [-0.05, 0) is 63.8 Å². The summed E-state index contributed by atoms with van der Waals surface area (Å²) in [6.45, 7) is 6.90. The van der Waals surface area contributed by atoms with E-state index < -0.39 is 15.9 Å². The van der Waals surface area contributed by atoms with Gasteiger partial charge in [0, 0.05) is 17.0 Å². The van der Waals surface area contributed by atoms with Gasteiger partial charge >= 0.3 is 0 Å². The summed E-state index contributed by atoms with van der Waals surface area (Å²) in [6, 6.07) is 3.63. The molecule has 30 heavy (non-hydrogen) atoms. The van der Waals surface area contributed by atoms with Crippen LogP contribution in [0.15, 0.2) is 16.7 Å². The van der Waals surface area contributed by atoms with Crippen LogP contribution < -0.4 is 15.8 Å². The summed E-state index contributed by atoms with van der Waals surface area (Å²) in [5.41, 5.74) is 10.8. The molecule has 0 saturated heterocycles. The number of rotatable bonds is 9. The minimum Gasteiger partial charge on any atom is -0.397 e. The fourth-order valence-corrected chi connectivity index (χ4v) is 4.94. The van der Waals surface area contributed by atoms with Gasteiger partial charge in [0.2, 0.25) is 10.0 Å². The Bertz CT molecular complexity index is 1070. The van der Waals surface area contributed by atoms with Crippen molar-refractivity contribution in [3.63, 3.8) is 0 Å². The van der Waals surface area contributed by atoms with Crippen LogP contribution in [0.4, 0.5) is 11.4 Å². The molecule has 2 aromatic rings. The number of hydrogen-bond donors (Lipinski definition) is 5. The average Bonchev–Trinajstić information content (AvgIpc) is 3.43. The van der Waals surface area contributed by atoms with E-state index in [-0.39, 0.29) is 11.9 Å². The van der Waals surface area contributed by atoms with E-state index >= 15 is 0 Å². The standard InChI is InChI=1S/C20H28N6O3S/c1-10(21)18(11(2)22)16-7-14(19-12(3)26-29-13(19)4)8-17(23)20(16)24-9-25-30(27,28)15-5-6-15/h7-8,15,18,21-22,24-25H,5-6,9,23H2,1-4H3. The van der Waals surface area contributed by atoms with Gasteiger partial charge in [-0.2, -0.15) is 4.72 Å². The lowest BCUT2D eigenvalue weighted by atomic mass is 9.86. The number of aromatic nitrogens is 1. The SMILES string of the molecule is CC(=N)C(C(C)=N)c1cc(-c2c(C)noc2C)cc(N)c1NCNS(=O)(=O)C1CC1. The number of nitrogens with two attached hydrogens (primary N) is 1. The number of benzene rings is 1. The van der Waals surface area contributed by atoms with Crippen LogP contribution in [0.5, 0.6) is 0 Å². The van der Waals surface area contributed by atoms with Crippen molar-refractivity contribution < 1.29 is 12.9 Å². The maximum atomic E-state index is 12.1. The van der Waals surface area contributed by atoms with Crippen molar-refractivity contribution in [2.45, 2.75) is 51.7 Å². The molecule has 9 nitrogen and oxygen atoms in total. The molecule has 1 aliphatic carbocycles. The number of anilines is 2. The molecule has 0 unspecified atom stereocenters. The highest BCUT2D eigenvalue weighted by atomic mass is 32.2. The Balaban J connectivity index is 2.03. The molecule has 0 aliphatic heterocycles. The number of nitrogens with one attached hydrogen (secondary N) is 4. The van der Waals surface area contributed by atoms with Crippen LogP contribution in [0.25, 0.3) is 11.1 Å². The Hall–Kier alpha value is -2.72. The summed E-state index contributed by atoms with van der Waals surface area (Å²) < 4.78 is 32.1. The third-order valence-electron chi connectivity index (χ3n) is 5.20. The number of hydrogen-bond acceptors (Lipinski definition) is 8. The van der Waals surface area contributed by atoms with Gasteiger partial charge in [-0.1, -0.05) is 5.16 Å². The molecule has 0 spiro atoms. The lowest BCUT2D eigenvalue weighted by molar-refractivity contribution is 0.393. The second kappa shape index (κ2) is 8.19. The smallest absolute Gasteiger partial charge is 0.215 e. The number of nitrogen functional groups attached to an aromatic ring is 1. The zero-order chi connectivity index (χ0) is 22.2. The summed E-state index contributed by atoms with van der Waals surface area (Å²) >= 11 is 0. The molecule has 1 aromatic heterocycles. The van der Waals surface area contributed by atoms with Crippen LogP contribution in [-0.4, -0.2) is 36.9 Å². The molecule has 1 fully saturated rings. The average molecular weight is 433 g/mol. The molecule has 1 aromatic carbocycles. The summed E-state index contributed by atoms with van der Waals surface area (Å²) in [5.74, 6) is 0.0562. The number of aryl methyl sites for hydroxylation is 2. The molecule has 10 heteroatoms. The second-order valence-corrected chi connectivity index (χ2v) is 9.82. The molecule has 6 N–H and O–H groups in total. The number of sulfonamides is 1. The van der Waals surface area contributed by atoms with Crippen molar-refractivity contribution >= 4 is 32.8 Å². The fourth-order valence-electron chi connectivity index (χ4n) is 3.67. The van der Waals surface area contributed by atoms with E-state index in [9.17, 15) is 8.42 Å². The van der Waals surface area contributed by atoms with E-state index in [1.54, 1.807) is 19.9 Å². The third-order valence-corrected chi connectivity index (χ3v) is 7.10. The van der Waals surface area contributed by atoms with Crippen molar-refractivity contribution in [1.29, 1.82) is 10.8 Å². The monoisotopic (exact) mass is 432 g/mol. The zero-order valence-electron chi connectivity index (χ0n) is 17.6. The summed E-state index contributed by atoms with van der Waals surface area (Å²) in [6.07, 6.45) is 1.36. The van der Waals surface area contributed by atoms with Crippen molar-refractivity contribution in [2.24, 2.45) is 0 Å². The molecule has 0 amide bonds. The minimum absolute atomic E-state index is 0.0263. The second-order valence-electron chi connectivity index (χ2n) is 7.77. The largest absolute Gasteiger partial charge is 0.397 e. The van der Waals surface area contributed by atoms with E-state index in [0.29, 0.717) is 52.7 Å². The van der Waals surface area contributed by atoms with E-state index in [4.69, 9.17) is 21.1 Å². The molecular formula is C20H28N6O3S. The van der Waals surface area contributed by atoms with Crippen molar-refractivity contribution in [2.75, 3.05) is 17.7 Å². The van der Waals surface area contributed by atoms with Crippen molar-refractivity contribution in [3.8, 4) is 11.1 Å². The lowest BCUT2D eigenvalue weighted by Gasteiger charge is -2.23. The molecule has 0 bridgehead atoms. The summed E-state index contributed by atoms with van der Waals surface area (Å²) in [5, 5.41) is 23.1. The highest BCUT2D eigenvalue weighted by Crippen LogP contribution is 2.38. The normalized spacial score (nSPS) is 15.1. The van der Waals surface area contributed by atoms with Gasteiger partial charge < -0.3 is 26.4 Å². The third kappa shape index (κ3) is 4.39. The van der Waals surface area contributed by atoms with E-state index in [0.717, 1.165) is 11.1 Å². The Morgan fingerprint density at radius 2 is 1.90 bits per heavy atom. The highest BCUT2D eigenvalue weighted by Gasteiger charge is 2.35. The Labute approximate surface area is 176 Å². The predicted molar refractivity (Wildman–Crippen MR) is 119 cm³/mol. The fraction of sp³-hybridized carbons (Fsp3) is 0.450. The van der Waals surface area contributed by atoms with Crippen LogP contribution in [0.1, 0.15) is 49.6 Å². The van der Waals surface area contributed by atoms with Gasteiger partial charge in [0.05, 0.1) is 34.9 Å². The van der Waals surface area contributed by atoms with Gasteiger partial charge in [-0.3, -0.25) is 0 Å². The molecule has 162 valence electrons. The minimum atomic E-state index is -3.35. The van der Waals surface area contributed by atoms with Gasteiger partial charge in [0.25, 0.3) is 0 Å². The first-order valence-corrected chi connectivity index (χ1v) is 11.3. The Kier molecular flexibility index (Phi) is 6.00. The molecule has 0 atom stereocenters. The maximum absolute atomic E-state index is 12.1. The maximum Gasteiger partial charge on any atom is 0.215 e. The van der Waals surface area contributed by atoms with Crippen LogP contribution in [0.3, 0.4) is 0 Å². The molecule has 0 radical (unpaired) electrons.